The highest BCUT2D eigenvalue weighted by Crippen LogP contribution is 2.31. The highest BCUT2D eigenvalue weighted by Gasteiger charge is 2.27. The Hall–Kier alpha value is -2.62. The zero-order chi connectivity index (χ0) is 21.4. The molecule has 2 aliphatic heterocycles. The van der Waals surface area contributed by atoms with E-state index >= 15 is 0 Å². The summed E-state index contributed by atoms with van der Waals surface area (Å²) in [6, 6.07) is 12.4. The van der Waals surface area contributed by atoms with E-state index in [1.54, 1.807) is 0 Å². The van der Waals surface area contributed by atoms with Crippen LogP contribution in [0.2, 0.25) is 0 Å². The van der Waals surface area contributed by atoms with Gasteiger partial charge in [0.15, 0.2) is 0 Å². The number of amides is 2. The average Bonchev–Trinajstić information content (AvgIpc) is 3.01. The van der Waals surface area contributed by atoms with Crippen molar-refractivity contribution < 1.29 is 9.59 Å². The predicted molar refractivity (Wildman–Crippen MR) is 117 cm³/mol. The molecule has 4 heteroatoms. The molecule has 0 radical (unpaired) electrons. The summed E-state index contributed by atoms with van der Waals surface area (Å²) in [7, 11) is 0. The van der Waals surface area contributed by atoms with E-state index in [0.29, 0.717) is 19.5 Å². The fourth-order valence-electron chi connectivity index (χ4n) is 4.03. The standard InChI is InChI=1S/C13H17NO.C12H15NO/c1-13(2,3)11-6-4-5-9-8-14-12(15)7-10(9)11;1-12(2,3)9-6-4-5-8-7-13-11(14)10(8)9/h4-6H,7-8H2,1-3H3,(H,14,15);4-6H,7H2,1-3H3,(H,13,14). The molecule has 2 N–H and O–H groups in total. The molecule has 0 spiro atoms. The fraction of sp³-hybridized carbons (Fsp3) is 0.440. The molecular weight excluding hydrogens is 360 g/mol. The van der Waals surface area contributed by atoms with Crippen LogP contribution in [0.15, 0.2) is 36.4 Å². The molecule has 0 unspecified atom stereocenters. The van der Waals surface area contributed by atoms with Crippen molar-refractivity contribution in [2.24, 2.45) is 0 Å². The smallest absolute Gasteiger partial charge is 0.252 e. The van der Waals surface area contributed by atoms with Crippen LogP contribution in [0, 0.1) is 0 Å². The number of hydrogen-bond acceptors (Lipinski definition) is 2. The van der Waals surface area contributed by atoms with E-state index in [1.165, 1.54) is 16.7 Å². The number of fused-ring (bicyclic) bond motifs is 2. The van der Waals surface area contributed by atoms with Gasteiger partial charge in [-0.2, -0.15) is 0 Å². The first-order chi connectivity index (χ1) is 13.5. The molecule has 0 atom stereocenters. The number of hydrogen-bond donors (Lipinski definition) is 2. The van der Waals surface area contributed by atoms with Crippen LogP contribution in [-0.4, -0.2) is 11.8 Å². The van der Waals surface area contributed by atoms with Gasteiger partial charge in [-0.25, -0.2) is 0 Å². The van der Waals surface area contributed by atoms with Crippen molar-refractivity contribution in [3.63, 3.8) is 0 Å². The minimum absolute atomic E-state index is 0.0347. The van der Waals surface area contributed by atoms with E-state index in [1.807, 2.05) is 18.2 Å². The molecule has 0 saturated heterocycles. The summed E-state index contributed by atoms with van der Waals surface area (Å²) in [5, 5.41) is 5.74. The second kappa shape index (κ2) is 7.66. The molecule has 0 saturated carbocycles. The van der Waals surface area contributed by atoms with E-state index in [4.69, 9.17) is 0 Å². The van der Waals surface area contributed by atoms with E-state index < -0.39 is 0 Å². The number of benzene rings is 2. The molecule has 2 amide bonds. The van der Waals surface area contributed by atoms with Crippen LogP contribution in [0.5, 0.6) is 0 Å². The van der Waals surface area contributed by atoms with E-state index in [0.717, 1.165) is 16.7 Å². The van der Waals surface area contributed by atoms with Crippen LogP contribution >= 0.6 is 0 Å². The molecule has 0 bridgehead atoms. The van der Waals surface area contributed by atoms with Crippen molar-refractivity contribution >= 4 is 11.8 Å². The van der Waals surface area contributed by atoms with E-state index in [2.05, 4.69) is 70.4 Å². The van der Waals surface area contributed by atoms with Gasteiger partial charge in [0.25, 0.3) is 5.91 Å². The first-order valence-electron chi connectivity index (χ1n) is 10.3. The summed E-state index contributed by atoms with van der Waals surface area (Å²) in [5.74, 6) is 0.213. The quantitative estimate of drug-likeness (QED) is 0.699. The van der Waals surface area contributed by atoms with Gasteiger partial charge in [0, 0.05) is 18.7 Å². The lowest BCUT2D eigenvalue weighted by Gasteiger charge is -2.27. The Morgan fingerprint density at radius 2 is 1.28 bits per heavy atom. The van der Waals surface area contributed by atoms with Crippen LogP contribution in [0.1, 0.15) is 79.7 Å². The average molecular weight is 393 g/mol. The summed E-state index contributed by atoms with van der Waals surface area (Å²) in [4.78, 5) is 23.0. The maximum absolute atomic E-state index is 11.6. The molecule has 29 heavy (non-hydrogen) atoms. The van der Waals surface area contributed by atoms with Crippen molar-refractivity contribution in [2.75, 3.05) is 0 Å². The van der Waals surface area contributed by atoms with Crippen molar-refractivity contribution in [2.45, 2.75) is 71.9 Å². The Kier molecular flexibility index (Phi) is 5.57. The summed E-state index contributed by atoms with van der Waals surface area (Å²) < 4.78 is 0. The van der Waals surface area contributed by atoms with Gasteiger partial charge in [-0.3, -0.25) is 9.59 Å². The molecule has 0 aromatic heterocycles. The normalized spacial score (nSPS) is 15.5. The van der Waals surface area contributed by atoms with Crippen LogP contribution in [0.25, 0.3) is 0 Å². The molecule has 2 aromatic rings. The van der Waals surface area contributed by atoms with Gasteiger partial charge in [0.1, 0.15) is 0 Å². The first kappa shape index (κ1) is 21.1. The Bertz CT molecular complexity index is 946. The highest BCUT2D eigenvalue weighted by atomic mass is 16.2. The van der Waals surface area contributed by atoms with Crippen LogP contribution in [-0.2, 0) is 35.1 Å². The highest BCUT2D eigenvalue weighted by molar-refractivity contribution is 6.00. The van der Waals surface area contributed by atoms with Gasteiger partial charge >= 0.3 is 0 Å². The topological polar surface area (TPSA) is 58.2 Å². The third kappa shape index (κ3) is 4.52. The monoisotopic (exact) mass is 392 g/mol. The third-order valence-corrected chi connectivity index (χ3v) is 5.52. The number of rotatable bonds is 0. The Labute approximate surface area is 174 Å². The molecule has 2 heterocycles. The number of nitrogens with one attached hydrogen (secondary N) is 2. The van der Waals surface area contributed by atoms with Gasteiger partial charge < -0.3 is 10.6 Å². The predicted octanol–water partition coefficient (Wildman–Crippen LogP) is 4.38. The first-order valence-corrected chi connectivity index (χ1v) is 10.3. The molecular formula is C25H32N2O2. The zero-order valence-corrected chi connectivity index (χ0v) is 18.4. The molecule has 0 aliphatic carbocycles. The molecule has 0 fully saturated rings. The maximum Gasteiger partial charge on any atom is 0.252 e. The van der Waals surface area contributed by atoms with Gasteiger partial charge in [-0.15, -0.1) is 0 Å². The SMILES string of the molecule is CC(C)(C)c1cccc2c1C(=O)NC2.CC(C)(C)c1cccc2c1CC(=O)NC2. The van der Waals surface area contributed by atoms with Gasteiger partial charge in [-0.05, 0) is 38.6 Å². The van der Waals surface area contributed by atoms with Gasteiger partial charge in [0.05, 0.1) is 6.42 Å². The minimum atomic E-state index is 0.0347. The van der Waals surface area contributed by atoms with Gasteiger partial charge in [-0.1, -0.05) is 77.9 Å². The van der Waals surface area contributed by atoms with Crippen molar-refractivity contribution in [1.82, 2.24) is 10.6 Å². The molecule has 2 aliphatic rings. The van der Waals surface area contributed by atoms with Crippen LogP contribution in [0.4, 0.5) is 0 Å². The largest absolute Gasteiger partial charge is 0.352 e. The Balaban J connectivity index is 0.000000166. The second-order valence-electron chi connectivity index (χ2n) is 9.92. The van der Waals surface area contributed by atoms with Crippen LogP contribution < -0.4 is 10.6 Å². The van der Waals surface area contributed by atoms with Crippen molar-refractivity contribution in [1.29, 1.82) is 0 Å². The lowest BCUT2D eigenvalue weighted by atomic mass is 9.80. The summed E-state index contributed by atoms with van der Waals surface area (Å²) in [5.41, 5.74) is 7.11. The number of carbonyl (C=O) groups excluding carboxylic acids is 2. The van der Waals surface area contributed by atoms with Crippen molar-refractivity contribution in [3.05, 3.63) is 69.8 Å². The minimum Gasteiger partial charge on any atom is -0.352 e. The Morgan fingerprint density at radius 1 is 0.724 bits per heavy atom. The molecule has 154 valence electrons. The maximum atomic E-state index is 11.6. The zero-order valence-electron chi connectivity index (χ0n) is 18.4. The van der Waals surface area contributed by atoms with Crippen LogP contribution in [0.3, 0.4) is 0 Å². The number of carbonyl (C=O) groups is 2. The van der Waals surface area contributed by atoms with Gasteiger partial charge in [0.2, 0.25) is 5.91 Å². The second-order valence-corrected chi connectivity index (χ2v) is 9.92. The lowest BCUT2D eigenvalue weighted by Crippen LogP contribution is -2.32. The van der Waals surface area contributed by atoms with E-state index in [-0.39, 0.29) is 22.6 Å². The third-order valence-electron chi connectivity index (χ3n) is 5.52. The summed E-state index contributed by atoms with van der Waals surface area (Å²) >= 11 is 0. The fourth-order valence-corrected chi connectivity index (χ4v) is 4.03. The molecule has 2 aromatic carbocycles. The summed E-state index contributed by atoms with van der Waals surface area (Å²) in [6.45, 7) is 14.3. The van der Waals surface area contributed by atoms with E-state index in [9.17, 15) is 9.59 Å². The summed E-state index contributed by atoms with van der Waals surface area (Å²) in [6.07, 6.45) is 0.531. The van der Waals surface area contributed by atoms with Crippen molar-refractivity contribution in [3.8, 4) is 0 Å². The Morgan fingerprint density at radius 3 is 1.90 bits per heavy atom. The molecule has 4 nitrogen and oxygen atoms in total. The lowest BCUT2D eigenvalue weighted by molar-refractivity contribution is -0.121. The molecule has 4 rings (SSSR count).